The van der Waals surface area contributed by atoms with Crippen LogP contribution in [0.15, 0.2) is 11.6 Å². The van der Waals surface area contributed by atoms with Crippen molar-refractivity contribution in [3.8, 4) is 0 Å². The average Bonchev–Trinajstić information content (AvgIpc) is 2.67. The number of sulfone groups is 1. The van der Waals surface area contributed by atoms with Crippen molar-refractivity contribution in [2.45, 2.75) is 18.9 Å². The Hall–Kier alpha value is -1.63. The van der Waals surface area contributed by atoms with Gasteiger partial charge in [0.1, 0.15) is 5.82 Å². The Balaban J connectivity index is 3.52. The van der Waals surface area contributed by atoms with Gasteiger partial charge in [-0.1, -0.05) is 13.5 Å². The first-order valence-corrected chi connectivity index (χ1v) is 7.13. The number of hydrogen-bond acceptors (Lipinski definition) is 5. The first kappa shape index (κ1) is 14.4. The largest absolute Gasteiger partial charge is 0.461 e. The van der Waals surface area contributed by atoms with Gasteiger partial charge in [0.2, 0.25) is 0 Å². The van der Waals surface area contributed by atoms with E-state index in [1.165, 1.54) is 24.6 Å². The van der Waals surface area contributed by atoms with Gasteiger partial charge < -0.3 is 9.30 Å². The van der Waals surface area contributed by atoms with Gasteiger partial charge in [0, 0.05) is 7.05 Å². The van der Waals surface area contributed by atoms with E-state index in [0.717, 1.165) is 0 Å². The molecular weight excluding hydrogens is 256 g/mol. The average molecular weight is 272 g/mol. The molecule has 1 heterocycles. The van der Waals surface area contributed by atoms with Gasteiger partial charge in [0.25, 0.3) is 0 Å². The van der Waals surface area contributed by atoms with Crippen LogP contribution in [0.1, 0.15) is 30.2 Å². The summed E-state index contributed by atoms with van der Waals surface area (Å²) < 4.78 is 30.1. The normalized spacial score (nSPS) is 11.3. The summed E-state index contributed by atoms with van der Waals surface area (Å²) in [6.07, 6.45) is 1.39. The van der Waals surface area contributed by atoms with E-state index in [9.17, 15) is 13.2 Å². The second-order valence-electron chi connectivity index (χ2n) is 3.51. The highest BCUT2D eigenvalue weighted by atomic mass is 32.2. The Morgan fingerprint density at radius 3 is 2.56 bits per heavy atom. The van der Waals surface area contributed by atoms with Crippen molar-refractivity contribution in [1.29, 1.82) is 0 Å². The number of aromatic nitrogens is 2. The zero-order valence-corrected chi connectivity index (χ0v) is 11.5. The molecule has 0 aliphatic carbocycles. The zero-order chi connectivity index (χ0) is 13.9. The van der Waals surface area contributed by atoms with Gasteiger partial charge in [0.05, 0.1) is 12.4 Å². The van der Waals surface area contributed by atoms with E-state index in [2.05, 4.69) is 11.6 Å². The predicted octanol–water partition coefficient (Wildman–Crippen LogP) is 1.03. The van der Waals surface area contributed by atoms with E-state index in [4.69, 9.17) is 4.74 Å². The highest BCUT2D eigenvalue weighted by Gasteiger charge is 2.29. The number of imidazole rings is 1. The number of nitrogens with zero attached hydrogens (tertiary/aromatic N) is 2. The fraction of sp³-hybridized carbons (Fsp3) is 0.455. The van der Waals surface area contributed by atoms with E-state index in [1.807, 2.05) is 0 Å². The topological polar surface area (TPSA) is 78.3 Å². The molecule has 0 N–H and O–H groups in total. The maximum atomic E-state index is 12.0. The highest BCUT2D eigenvalue weighted by Crippen LogP contribution is 2.19. The molecule has 1 aromatic rings. The molecule has 0 spiro atoms. The van der Waals surface area contributed by atoms with Crippen LogP contribution in [-0.2, 0) is 21.6 Å². The molecule has 0 saturated heterocycles. The second-order valence-corrected chi connectivity index (χ2v) is 5.70. The van der Waals surface area contributed by atoms with Crippen LogP contribution in [0.25, 0.3) is 6.08 Å². The number of carbonyl (C=O) groups excluding carboxylic acids is 1. The monoisotopic (exact) mass is 272 g/mol. The van der Waals surface area contributed by atoms with E-state index in [1.54, 1.807) is 6.92 Å². The Morgan fingerprint density at radius 2 is 2.11 bits per heavy atom. The van der Waals surface area contributed by atoms with Gasteiger partial charge in [-0.3, -0.25) is 0 Å². The predicted molar refractivity (Wildman–Crippen MR) is 67.0 cm³/mol. The van der Waals surface area contributed by atoms with Crippen LogP contribution in [0.4, 0.5) is 0 Å². The number of hydrogen-bond donors (Lipinski definition) is 0. The van der Waals surface area contributed by atoms with Crippen molar-refractivity contribution in [3.05, 3.63) is 18.1 Å². The van der Waals surface area contributed by atoms with Crippen LogP contribution in [0, 0.1) is 0 Å². The molecule has 0 radical (unpaired) electrons. The van der Waals surface area contributed by atoms with Crippen LogP contribution < -0.4 is 0 Å². The van der Waals surface area contributed by atoms with E-state index >= 15 is 0 Å². The molecule has 0 unspecified atom stereocenters. The van der Waals surface area contributed by atoms with Gasteiger partial charge >= 0.3 is 5.97 Å². The second kappa shape index (κ2) is 5.34. The Kier molecular flexibility index (Phi) is 4.28. The number of carbonyl (C=O) groups is 1. The summed E-state index contributed by atoms with van der Waals surface area (Å²) in [5.41, 5.74) is -0.184. The van der Waals surface area contributed by atoms with Crippen LogP contribution in [0.3, 0.4) is 0 Å². The molecule has 0 aliphatic heterocycles. The molecule has 6 nitrogen and oxygen atoms in total. The maximum absolute atomic E-state index is 12.0. The quantitative estimate of drug-likeness (QED) is 0.748. The van der Waals surface area contributed by atoms with Crippen molar-refractivity contribution in [3.63, 3.8) is 0 Å². The van der Waals surface area contributed by atoms with Gasteiger partial charge in [-0.25, -0.2) is 18.2 Å². The van der Waals surface area contributed by atoms with E-state index in [0.29, 0.717) is 5.82 Å². The van der Waals surface area contributed by atoms with Crippen molar-refractivity contribution in [1.82, 2.24) is 9.55 Å². The van der Waals surface area contributed by atoms with Gasteiger partial charge in [-0.2, -0.15) is 0 Å². The standard InChI is InChI=1S/C11H16N2O4S/c1-5-8-12-9(11(14)17-6-2)10(13(8)4)18(15,16)7-3/h5H,1,6-7H2,2-4H3. The van der Waals surface area contributed by atoms with E-state index < -0.39 is 15.8 Å². The lowest BCUT2D eigenvalue weighted by Gasteiger charge is -2.05. The number of ether oxygens (including phenoxy) is 1. The molecule has 1 rings (SSSR count). The maximum Gasteiger partial charge on any atom is 0.359 e. The third kappa shape index (κ3) is 2.45. The van der Waals surface area contributed by atoms with Crippen LogP contribution in [0.2, 0.25) is 0 Å². The Bertz CT molecular complexity index is 572. The summed E-state index contributed by atoms with van der Waals surface area (Å²) in [6, 6.07) is 0. The highest BCUT2D eigenvalue weighted by molar-refractivity contribution is 7.91. The Labute approximate surface area is 106 Å². The minimum Gasteiger partial charge on any atom is -0.461 e. The summed E-state index contributed by atoms with van der Waals surface area (Å²) in [4.78, 5) is 15.7. The third-order valence-electron chi connectivity index (χ3n) is 2.40. The molecule has 18 heavy (non-hydrogen) atoms. The van der Waals surface area contributed by atoms with Crippen LogP contribution in [-0.4, -0.2) is 36.3 Å². The summed E-state index contributed by atoms with van der Waals surface area (Å²) in [5, 5.41) is -0.127. The summed E-state index contributed by atoms with van der Waals surface area (Å²) in [6.45, 7) is 6.83. The lowest BCUT2D eigenvalue weighted by Crippen LogP contribution is -2.15. The summed E-state index contributed by atoms with van der Waals surface area (Å²) in [7, 11) is -2.04. The summed E-state index contributed by atoms with van der Waals surface area (Å²) >= 11 is 0. The fourth-order valence-electron chi connectivity index (χ4n) is 1.51. The molecule has 0 amide bonds. The third-order valence-corrected chi connectivity index (χ3v) is 4.22. The van der Waals surface area contributed by atoms with Crippen LogP contribution in [0.5, 0.6) is 0 Å². The minimum atomic E-state index is -3.56. The molecule has 100 valence electrons. The molecular formula is C11H16N2O4S. The van der Waals surface area contributed by atoms with Gasteiger partial charge in [0.15, 0.2) is 20.6 Å². The molecule has 0 aromatic carbocycles. The van der Waals surface area contributed by atoms with Gasteiger partial charge in [-0.05, 0) is 13.0 Å². The lowest BCUT2D eigenvalue weighted by atomic mass is 10.5. The first-order chi connectivity index (χ1) is 8.38. The lowest BCUT2D eigenvalue weighted by molar-refractivity contribution is 0.0514. The zero-order valence-electron chi connectivity index (χ0n) is 10.6. The first-order valence-electron chi connectivity index (χ1n) is 5.48. The SMILES string of the molecule is C=Cc1nc(C(=O)OCC)c(S(=O)(=O)CC)n1C. The molecule has 0 fully saturated rings. The molecule has 7 heteroatoms. The summed E-state index contributed by atoms with van der Waals surface area (Å²) in [5.74, 6) is -0.548. The molecule has 0 aliphatic rings. The fourth-order valence-corrected chi connectivity index (χ4v) is 2.72. The van der Waals surface area contributed by atoms with Crippen molar-refractivity contribution >= 4 is 21.9 Å². The number of esters is 1. The molecule has 0 saturated carbocycles. The molecule has 1 aromatic heterocycles. The smallest absolute Gasteiger partial charge is 0.359 e. The van der Waals surface area contributed by atoms with Crippen molar-refractivity contribution < 1.29 is 17.9 Å². The van der Waals surface area contributed by atoms with Gasteiger partial charge in [-0.15, -0.1) is 0 Å². The van der Waals surface area contributed by atoms with E-state index in [-0.39, 0.29) is 23.1 Å². The minimum absolute atomic E-state index is 0.116. The van der Waals surface area contributed by atoms with Crippen molar-refractivity contribution in [2.75, 3.05) is 12.4 Å². The molecule has 0 bridgehead atoms. The van der Waals surface area contributed by atoms with Crippen molar-refractivity contribution in [2.24, 2.45) is 7.05 Å². The Morgan fingerprint density at radius 1 is 1.50 bits per heavy atom. The number of rotatable bonds is 5. The van der Waals surface area contributed by atoms with Crippen LogP contribution >= 0.6 is 0 Å². The molecule has 0 atom stereocenters.